The largest absolute Gasteiger partial charge is 0.381 e. The van der Waals surface area contributed by atoms with Gasteiger partial charge in [0.1, 0.15) is 0 Å². The van der Waals surface area contributed by atoms with Crippen molar-refractivity contribution in [2.45, 2.75) is 19.8 Å². The smallest absolute Gasteiger partial charge is 0.169 e. The topological polar surface area (TPSA) is 52.0 Å². The predicted molar refractivity (Wildman–Crippen MR) is 60.4 cm³/mol. The van der Waals surface area contributed by atoms with Gasteiger partial charge in [0, 0.05) is 11.6 Å². The van der Waals surface area contributed by atoms with Crippen LogP contribution in [-0.2, 0) is 0 Å². The molecule has 0 aliphatic rings. The molecule has 2 N–H and O–H groups in total. The van der Waals surface area contributed by atoms with Gasteiger partial charge in [0.25, 0.3) is 0 Å². The standard InChI is InChI=1S/C12H14N2O/c1-8(2)9-4-3-5-10(6-9)11-7-12(13)14-15-11/h3-8H,1-2H3,(H2,13,14). The lowest BCUT2D eigenvalue weighted by atomic mass is 10.0. The summed E-state index contributed by atoms with van der Waals surface area (Å²) in [7, 11) is 0. The molecule has 0 fully saturated rings. The van der Waals surface area contributed by atoms with Gasteiger partial charge in [-0.3, -0.25) is 0 Å². The van der Waals surface area contributed by atoms with Crippen molar-refractivity contribution in [2.24, 2.45) is 0 Å². The normalized spacial score (nSPS) is 10.9. The minimum absolute atomic E-state index is 0.417. The predicted octanol–water partition coefficient (Wildman–Crippen LogP) is 3.05. The lowest BCUT2D eigenvalue weighted by molar-refractivity contribution is 0.436. The Bertz CT molecular complexity index is 460. The van der Waals surface area contributed by atoms with Gasteiger partial charge in [-0.05, 0) is 17.5 Å². The van der Waals surface area contributed by atoms with E-state index in [1.807, 2.05) is 12.1 Å². The Hall–Kier alpha value is -1.77. The van der Waals surface area contributed by atoms with Crippen LogP contribution in [0.25, 0.3) is 11.3 Å². The maximum Gasteiger partial charge on any atom is 0.169 e. The molecule has 0 bridgehead atoms. The quantitative estimate of drug-likeness (QED) is 0.814. The Morgan fingerprint density at radius 1 is 1.27 bits per heavy atom. The Balaban J connectivity index is 2.41. The van der Waals surface area contributed by atoms with Crippen LogP contribution in [0.5, 0.6) is 0 Å². The van der Waals surface area contributed by atoms with Crippen LogP contribution in [0, 0.1) is 0 Å². The molecule has 0 atom stereocenters. The van der Waals surface area contributed by atoms with Crippen molar-refractivity contribution in [3.8, 4) is 11.3 Å². The van der Waals surface area contributed by atoms with Crippen LogP contribution >= 0.6 is 0 Å². The Kier molecular flexibility index (Phi) is 2.46. The van der Waals surface area contributed by atoms with Crippen molar-refractivity contribution in [3.05, 3.63) is 35.9 Å². The van der Waals surface area contributed by atoms with Crippen LogP contribution in [0.15, 0.2) is 34.9 Å². The summed E-state index contributed by atoms with van der Waals surface area (Å²) in [4.78, 5) is 0. The number of hydrogen-bond acceptors (Lipinski definition) is 3. The molecular weight excluding hydrogens is 188 g/mol. The molecular formula is C12H14N2O. The van der Waals surface area contributed by atoms with Gasteiger partial charge in [-0.15, -0.1) is 0 Å². The summed E-state index contributed by atoms with van der Waals surface area (Å²) < 4.78 is 5.11. The first-order chi connectivity index (χ1) is 7.16. The molecule has 0 aliphatic heterocycles. The van der Waals surface area contributed by atoms with E-state index >= 15 is 0 Å². The third kappa shape index (κ3) is 2.01. The Morgan fingerprint density at radius 2 is 2.07 bits per heavy atom. The molecule has 1 aromatic heterocycles. The van der Waals surface area contributed by atoms with Gasteiger partial charge in [-0.25, -0.2) is 0 Å². The number of rotatable bonds is 2. The lowest BCUT2D eigenvalue weighted by Gasteiger charge is -2.05. The maximum atomic E-state index is 5.51. The summed E-state index contributed by atoms with van der Waals surface area (Å²) in [6.07, 6.45) is 0. The molecule has 2 rings (SSSR count). The van der Waals surface area contributed by atoms with E-state index in [-0.39, 0.29) is 0 Å². The molecule has 0 spiro atoms. The average Bonchev–Trinajstić information content (AvgIpc) is 2.65. The van der Waals surface area contributed by atoms with E-state index in [2.05, 4.69) is 31.1 Å². The molecule has 1 aromatic carbocycles. The number of nitrogen functional groups attached to an aromatic ring is 1. The highest BCUT2D eigenvalue weighted by Gasteiger charge is 2.06. The van der Waals surface area contributed by atoms with Gasteiger partial charge in [-0.1, -0.05) is 37.2 Å². The van der Waals surface area contributed by atoms with Gasteiger partial charge < -0.3 is 10.3 Å². The molecule has 0 radical (unpaired) electrons. The van der Waals surface area contributed by atoms with E-state index in [1.165, 1.54) is 5.56 Å². The molecule has 0 aliphatic carbocycles. The van der Waals surface area contributed by atoms with E-state index in [0.29, 0.717) is 11.7 Å². The molecule has 0 unspecified atom stereocenters. The minimum Gasteiger partial charge on any atom is -0.381 e. The number of nitrogens with two attached hydrogens (primary N) is 1. The highest BCUT2D eigenvalue weighted by atomic mass is 16.5. The van der Waals surface area contributed by atoms with Crippen molar-refractivity contribution in [1.82, 2.24) is 5.16 Å². The first-order valence-corrected chi connectivity index (χ1v) is 4.99. The van der Waals surface area contributed by atoms with E-state index in [4.69, 9.17) is 10.3 Å². The zero-order valence-corrected chi connectivity index (χ0v) is 8.90. The van der Waals surface area contributed by atoms with Crippen molar-refractivity contribution < 1.29 is 4.52 Å². The molecule has 78 valence electrons. The monoisotopic (exact) mass is 202 g/mol. The van der Waals surface area contributed by atoms with Crippen molar-refractivity contribution in [2.75, 3.05) is 5.73 Å². The molecule has 3 nitrogen and oxygen atoms in total. The Morgan fingerprint density at radius 3 is 2.67 bits per heavy atom. The molecule has 0 amide bonds. The third-order valence-corrected chi connectivity index (χ3v) is 2.37. The number of nitrogens with zero attached hydrogens (tertiary/aromatic N) is 1. The van der Waals surface area contributed by atoms with E-state index in [0.717, 1.165) is 11.3 Å². The summed E-state index contributed by atoms with van der Waals surface area (Å²) >= 11 is 0. The first-order valence-electron chi connectivity index (χ1n) is 4.99. The van der Waals surface area contributed by atoms with Crippen molar-refractivity contribution in [3.63, 3.8) is 0 Å². The number of aromatic nitrogens is 1. The minimum atomic E-state index is 0.417. The fourth-order valence-electron chi connectivity index (χ4n) is 1.48. The summed E-state index contributed by atoms with van der Waals surface area (Å²) in [6, 6.07) is 9.95. The van der Waals surface area contributed by atoms with Crippen molar-refractivity contribution >= 4 is 5.82 Å². The summed E-state index contributed by atoms with van der Waals surface area (Å²) in [5.41, 5.74) is 7.81. The second-order valence-electron chi connectivity index (χ2n) is 3.90. The summed E-state index contributed by atoms with van der Waals surface area (Å²) in [6.45, 7) is 4.32. The fourth-order valence-corrected chi connectivity index (χ4v) is 1.48. The zero-order valence-electron chi connectivity index (χ0n) is 8.90. The summed E-state index contributed by atoms with van der Waals surface area (Å²) in [5, 5.41) is 3.67. The zero-order chi connectivity index (χ0) is 10.8. The van der Waals surface area contributed by atoms with Gasteiger partial charge in [0.2, 0.25) is 0 Å². The van der Waals surface area contributed by atoms with E-state index < -0.39 is 0 Å². The van der Waals surface area contributed by atoms with Gasteiger partial charge >= 0.3 is 0 Å². The number of hydrogen-bond donors (Lipinski definition) is 1. The fraction of sp³-hybridized carbons (Fsp3) is 0.250. The van der Waals surface area contributed by atoms with Crippen molar-refractivity contribution in [1.29, 1.82) is 0 Å². The van der Waals surface area contributed by atoms with Gasteiger partial charge in [0.15, 0.2) is 11.6 Å². The lowest BCUT2D eigenvalue weighted by Crippen LogP contribution is -1.87. The number of benzene rings is 1. The molecule has 0 saturated heterocycles. The molecule has 3 heteroatoms. The summed E-state index contributed by atoms with van der Waals surface area (Å²) in [5.74, 6) is 1.64. The second-order valence-corrected chi connectivity index (χ2v) is 3.90. The Labute approximate surface area is 88.9 Å². The van der Waals surface area contributed by atoms with Crippen LogP contribution in [0.4, 0.5) is 5.82 Å². The van der Waals surface area contributed by atoms with Crippen LogP contribution in [0.2, 0.25) is 0 Å². The number of anilines is 1. The molecule has 15 heavy (non-hydrogen) atoms. The first kappa shape index (κ1) is 9.77. The van der Waals surface area contributed by atoms with Crippen LogP contribution in [-0.4, -0.2) is 5.16 Å². The average molecular weight is 202 g/mol. The maximum absolute atomic E-state index is 5.51. The second kappa shape index (κ2) is 3.77. The van der Waals surface area contributed by atoms with Gasteiger partial charge in [-0.2, -0.15) is 0 Å². The van der Waals surface area contributed by atoms with Crippen LogP contribution in [0.1, 0.15) is 25.3 Å². The van der Waals surface area contributed by atoms with E-state index in [1.54, 1.807) is 6.07 Å². The SMILES string of the molecule is CC(C)c1cccc(-c2cc(N)no2)c1. The molecule has 1 heterocycles. The van der Waals surface area contributed by atoms with Crippen LogP contribution in [0.3, 0.4) is 0 Å². The third-order valence-electron chi connectivity index (χ3n) is 2.37. The highest BCUT2D eigenvalue weighted by Crippen LogP contribution is 2.24. The molecule has 0 saturated carbocycles. The van der Waals surface area contributed by atoms with Crippen LogP contribution < -0.4 is 5.73 Å². The molecule has 2 aromatic rings. The van der Waals surface area contributed by atoms with Gasteiger partial charge in [0.05, 0.1) is 0 Å². The van der Waals surface area contributed by atoms with E-state index in [9.17, 15) is 0 Å². The highest BCUT2D eigenvalue weighted by molar-refractivity contribution is 5.60.